The Kier molecular flexibility index (Phi) is 4.20. The van der Waals surface area contributed by atoms with Crippen LogP contribution in [0.25, 0.3) is 0 Å². The Bertz CT molecular complexity index is 729. The molecule has 20 heavy (non-hydrogen) atoms. The van der Waals surface area contributed by atoms with Crippen molar-refractivity contribution in [3.05, 3.63) is 68.0 Å². The third-order valence-electron chi connectivity index (χ3n) is 3.51. The quantitative estimate of drug-likeness (QED) is 0.891. The topological polar surface area (TPSA) is 56.0 Å². The van der Waals surface area contributed by atoms with Gasteiger partial charge in [-0.3, -0.25) is 13.9 Å². The van der Waals surface area contributed by atoms with Crippen LogP contribution in [0.15, 0.2) is 39.9 Å². The van der Waals surface area contributed by atoms with E-state index in [0.29, 0.717) is 18.8 Å². The van der Waals surface area contributed by atoms with Crippen LogP contribution in [0.3, 0.4) is 0 Å². The van der Waals surface area contributed by atoms with E-state index >= 15 is 0 Å². The highest BCUT2D eigenvalue weighted by atomic mass is 16.2. The zero-order valence-electron chi connectivity index (χ0n) is 12.0. The summed E-state index contributed by atoms with van der Waals surface area (Å²) >= 11 is 0. The van der Waals surface area contributed by atoms with Crippen LogP contribution in [0.1, 0.15) is 16.8 Å². The molecule has 5 nitrogen and oxygen atoms in total. The number of aromatic nitrogens is 2. The van der Waals surface area contributed by atoms with Crippen LogP contribution in [-0.2, 0) is 27.2 Å². The first kappa shape index (κ1) is 14.3. The third kappa shape index (κ3) is 2.88. The Balaban J connectivity index is 2.11. The molecule has 2 aromatic rings. The molecule has 0 aliphatic carbocycles. The van der Waals surface area contributed by atoms with Crippen LogP contribution >= 0.6 is 0 Å². The molecule has 0 unspecified atom stereocenters. The number of nitrogens with one attached hydrogen (secondary N) is 1. The molecule has 0 fully saturated rings. The second kappa shape index (κ2) is 5.88. The average Bonchev–Trinajstić information content (AvgIpc) is 2.44. The number of nitrogens with zero attached hydrogens (tertiary/aromatic N) is 2. The van der Waals surface area contributed by atoms with Crippen molar-refractivity contribution in [1.82, 2.24) is 14.5 Å². The van der Waals surface area contributed by atoms with Crippen molar-refractivity contribution in [2.45, 2.75) is 20.0 Å². The van der Waals surface area contributed by atoms with E-state index in [0.717, 1.165) is 4.57 Å². The van der Waals surface area contributed by atoms with E-state index in [1.807, 2.05) is 12.1 Å². The van der Waals surface area contributed by atoms with Crippen molar-refractivity contribution >= 4 is 0 Å². The van der Waals surface area contributed by atoms with Gasteiger partial charge in [0, 0.05) is 38.9 Å². The van der Waals surface area contributed by atoms with Gasteiger partial charge < -0.3 is 5.32 Å². The molecule has 5 heteroatoms. The number of aryl methyl sites for hydroxylation is 1. The van der Waals surface area contributed by atoms with Crippen molar-refractivity contribution in [3.8, 4) is 0 Å². The van der Waals surface area contributed by atoms with Crippen LogP contribution < -0.4 is 16.6 Å². The number of hydrogen-bond donors (Lipinski definition) is 1. The molecule has 0 saturated carbocycles. The summed E-state index contributed by atoms with van der Waals surface area (Å²) < 4.78 is 2.59. The molecule has 2 rings (SSSR count). The van der Waals surface area contributed by atoms with Crippen molar-refractivity contribution in [1.29, 1.82) is 0 Å². The number of benzene rings is 1. The lowest BCUT2D eigenvalue weighted by molar-refractivity contribution is 0.600. The second-order valence-corrected chi connectivity index (χ2v) is 4.90. The average molecular weight is 273 g/mol. The molecule has 0 aliphatic rings. The van der Waals surface area contributed by atoms with Crippen LogP contribution in [0, 0.1) is 6.92 Å². The maximum absolute atomic E-state index is 11.8. The van der Waals surface area contributed by atoms with Crippen molar-refractivity contribution in [3.63, 3.8) is 0 Å². The van der Waals surface area contributed by atoms with Gasteiger partial charge >= 0.3 is 5.69 Å². The first-order valence-corrected chi connectivity index (χ1v) is 6.52. The molecule has 1 N–H and O–H groups in total. The summed E-state index contributed by atoms with van der Waals surface area (Å²) in [5.41, 5.74) is 2.54. The molecular weight excluding hydrogens is 254 g/mol. The first-order valence-electron chi connectivity index (χ1n) is 6.52. The summed E-state index contributed by atoms with van der Waals surface area (Å²) in [7, 11) is 3.15. The Hall–Kier alpha value is -2.14. The maximum atomic E-state index is 11.8. The highest BCUT2D eigenvalue weighted by molar-refractivity contribution is 5.25. The lowest BCUT2D eigenvalue weighted by atomic mass is 10.1. The van der Waals surface area contributed by atoms with Gasteiger partial charge in [-0.05, 0) is 18.1 Å². The smallest absolute Gasteiger partial charge is 0.307 e. The Labute approximate surface area is 117 Å². The van der Waals surface area contributed by atoms with Crippen LogP contribution in [0.4, 0.5) is 0 Å². The van der Waals surface area contributed by atoms with Gasteiger partial charge in [0.2, 0.25) is 0 Å². The van der Waals surface area contributed by atoms with E-state index < -0.39 is 0 Å². The number of rotatable bonds is 4. The summed E-state index contributed by atoms with van der Waals surface area (Å²) in [5, 5.41) is 3.27. The molecule has 0 aliphatic heterocycles. The zero-order chi connectivity index (χ0) is 14.7. The molecule has 106 valence electrons. The summed E-state index contributed by atoms with van der Waals surface area (Å²) in [5.74, 6) is 0. The molecule has 0 atom stereocenters. The molecular formula is C15H19N3O2. The van der Waals surface area contributed by atoms with Crippen molar-refractivity contribution < 1.29 is 0 Å². The maximum Gasteiger partial charge on any atom is 0.330 e. The lowest BCUT2D eigenvalue weighted by Crippen LogP contribution is -2.39. The van der Waals surface area contributed by atoms with E-state index in [2.05, 4.69) is 24.4 Å². The van der Waals surface area contributed by atoms with Crippen LogP contribution in [0.2, 0.25) is 0 Å². The zero-order valence-corrected chi connectivity index (χ0v) is 12.0. The van der Waals surface area contributed by atoms with E-state index in [4.69, 9.17) is 0 Å². The van der Waals surface area contributed by atoms with Crippen molar-refractivity contribution in [2.24, 2.45) is 14.1 Å². The standard InChI is InChI=1S/C15H19N3O2/c1-11-6-4-5-7-12(11)9-16-10-13-8-14(19)18(3)15(20)17(13)2/h4-8,16H,9-10H2,1-3H3. The fourth-order valence-corrected chi connectivity index (χ4v) is 2.08. The first-order chi connectivity index (χ1) is 9.50. The summed E-state index contributed by atoms with van der Waals surface area (Å²) in [6.45, 7) is 3.25. The van der Waals surface area contributed by atoms with Gasteiger partial charge in [0.05, 0.1) is 0 Å². The summed E-state index contributed by atoms with van der Waals surface area (Å²) in [4.78, 5) is 23.4. The van der Waals surface area contributed by atoms with Gasteiger partial charge in [-0.15, -0.1) is 0 Å². The Morgan fingerprint density at radius 2 is 1.75 bits per heavy atom. The predicted octanol–water partition coefficient (Wildman–Crippen LogP) is 0.682. The van der Waals surface area contributed by atoms with Gasteiger partial charge in [0.25, 0.3) is 5.56 Å². The minimum atomic E-state index is -0.301. The number of hydrogen-bond acceptors (Lipinski definition) is 3. The molecule has 1 heterocycles. The fourth-order valence-electron chi connectivity index (χ4n) is 2.08. The molecule has 0 radical (unpaired) electrons. The van der Waals surface area contributed by atoms with E-state index in [-0.39, 0.29) is 11.2 Å². The Morgan fingerprint density at radius 1 is 1.05 bits per heavy atom. The van der Waals surface area contributed by atoms with E-state index in [1.165, 1.54) is 28.8 Å². The SMILES string of the molecule is Cc1ccccc1CNCc1cc(=O)n(C)c(=O)n1C. The van der Waals surface area contributed by atoms with Crippen LogP contribution in [0.5, 0.6) is 0 Å². The molecule has 0 bridgehead atoms. The molecule has 0 spiro atoms. The molecule has 1 aromatic carbocycles. The highest BCUT2D eigenvalue weighted by Crippen LogP contribution is 2.06. The second-order valence-electron chi connectivity index (χ2n) is 4.90. The molecule has 0 amide bonds. The molecule has 0 saturated heterocycles. The van der Waals surface area contributed by atoms with E-state index in [1.54, 1.807) is 7.05 Å². The van der Waals surface area contributed by atoms with Gasteiger partial charge in [-0.1, -0.05) is 24.3 Å². The fraction of sp³-hybridized carbons (Fsp3) is 0.333. The lowest BCUT2D eigenvalue weighted by Gasteiger charge is -2.11. The van der Waals surface area contributed by atoms with Gasteiger partial charge in [-0.25, -0.2) is 4.79 Å². The van der Waals surface area contributed by atoms with Gasteiger partial charge in [0.1, 0.15) is 0 Å². The van der Waals surface area contributed by atoms with Gasteiger partial charge in [-0.2, -0.15) is 0 Å². The van der Waals surface area contributed by atoms with Gasteiger partial charge in [0.15, 0.2) is 0 Å². The highest BCUT2D eigenvalue weighted by Gasteiger charge is 2.05. The van der Waals surface area contributed by atoms with Crippen molar-refractivity contribution in [2.75, 3.05) is 0 Å². The molecule has 1 aromatic heterocycles. The minimum absolute atomic E-state index is 0.277. The third-order valence-corrected chi connectivity index (χ3v) is 3.51. The normalized spacial score (nSPS) is 10.8. The minimum Gasteiger partial charge on any atom is -0.307 e. The monoisotopic (exact) mass is 273 g/mol. The summed E-state index contributed by atoms with van der Waals surface area (Å²) in [6.07, 6.45) is 0. The largest absolute Gasteiger partial charge is 0.330 e. The summed E-state index contributed by atoms with van der Waals surface area (Å²) in [6, 6.07) is 9.62. The van der Waals surface area contributed by atoms with Crippen LogP contribution in [-0.4, -0.2) is 9.13 Å². The Morgan fingerprint density at radius 3 is 2.45 bits per heavy atom. The van der Waals surface area contributed by atoms with E-state index in [9.17, 15) is 9.59 Å². The predicted molar refractivity (Wildman–Crippen MR) is 78.6 cm³/mol.